The number of fused-ring (bicyclic) bond motifs is 1. The van der Waals surface area contributed by atoms with Gasteiger partial charge in [-0.3, -0.25) is 0 Å². The lowest BCUT2D eigenvalue weighted by Gasteiger charge is -2.12. The maximum atomic E-state index is 11.8. The van der Waals surface area contributed by atoms with Crippen LogP contribution in [0.5, 0.6) is 0 Å². The highest BCUT2D eigenvalue weighted by Crippen LogP contribution is 2.27. The Labute approximate surface area is 130 Å². The Morgan fingerprint density at radius 3 is 2.86 bits per heavy atom. The number of halogens is 1. The third-order valence-corrected chi connectivity index (χ3v) is 3.97. The van der Waals surface area contributed by atoms with Crippen LogP contribution in [-0.2, 0) is 9.53 Å². The van der Waals surface area contributed by atoms with E-state index in [1.165, 1.54) is 11.8 Å². The monoisotopic (exact) mass is 322 g/mol. The van der Waals surface area contributed by atoms with Crippen molar-refractivity contribution in [2.75, 3.05) is 12.4 Å². The average Bonchev–Trinajstić information content (AvgIpc) is 2.91. The third kappa shape index (κ3) is 2.79. The zero-order valence-electron chi connectivity index (χ0n) is 11.1. The predicted octanol–water partition coefficient (Wildman–Crippen LogP) is 2.47. The third-order valence-electron chi connectivity index (χ3n) is 2.78. The number of esters is 1. The number of benzene rings is 1. The molecule has 8 heteroatoms. The molecule has 1 aromatic heterocycles. The molecule has 21 heavy (non-hydrogen) atoms. The molecule has 1 aliphatic rings. The van der Waals surface area contributed by atoms with E-state index in [1.807, 2.05) is 12.1 Å². The first-order valence-corrected chi connectivity index (χ1v) is 7.64. The first-order valence-electron chi connectivity index (χ1n) is 6.28. The lowest BCUT2D eigenvalue weighted by Crippen LogP contribution is -2.24. The van der Waals surface area contributed by atoms with Crippen LogP contribution in [0.2, 0.25) is 5.02 Å². The Balaban J connectivity index is 1.99. The van der Waals surface area contributed by atoms with Gasteiger partial charge in [0.15, 0.2) is 11.5 Å². The minimum atomic E-state index is -0.411. The number of carbonyl (C=O) groups excluding carboxylic acids is 1. The van der Waals surface area contributed by atoms with Crippen LogP contribution in [0.1, 0.15) is 6.92 Å². The van der Waals surface area contributed by atoms with E-state index in [0.717, 1.165) is 5.56 Å². The van der Waals surface area contributed by atoms with Crippen LogP contribution >= 0.6 is 23.4 Å². The van der Waals surface area contributed by atoms with E-state index < -0.39 is 5.97 Å². The molecule has 0 bridgehead atoms. The van der Waals surface area contributed by atoms with E-state index >= 15 is 0 Å². The van der Waals surface area contributed by atoms with Gasteiger partial charge in [-0.1, -0.05) is 23.4 Å². The summed E-state index contributed by atoms with van der Waals surface area (Å²) in [5.74, 6) is 0.583. The first-order chi connectivity index (χ1) is 10.2. The van der Waals surface area contributed by atoms with Gasteiger partial charge in [-0.15, -0.1) is 10.2 Å². The van der Waals surface area contributed by atoms with Crippen molar-refractivity contribution in [2.45, 2.75) is 12.1 Å². The predicted molar refractivity (Wildman–Crippen MR) is 80.7 cm³/mol. The van der Waals surface area contributed by atoms with Crippen LogP contribution < -0.4 is 0 Å². The van der Waals surface area contributed by atoms with E-state index in [4.69, 9.17) is 16.3 Å². The van der Waals surface area contributed by atoms with Crippen molar-refractivity contribution in [3.05, 3.63) is 29.3 Å². The standard InChI is InChI=1S/C13H11ClN4O2S/c1-2-20-12(19)10-7-21-13-16-15-11(18(13)17-10)8-3-5-9(14)6-4-8/h3-6H,2,7H2,1H3. The number of thioether (sulfide) groups is 1. The number of hydrogen-bond acceptors (Lipinski definition) is 6. The summed E-state index contributed by atoms with van der Waals surface area (Å²) in [4.78, 5) is 11.8. The summed E-state index contributed by atoms with van der Waals surface area (Å²) in [5, 5.41) is 13.8. The van der Waals surface area contributed by atoms with Gasteiger partial charge in [-0.25, -0.2) is 4.79 Å². The summed E-state index contributed by atoms with van der Waals surface area (Å²) in [6.07, 6.45) is 0. The van der Waals surface area contributed by atoms with E-state index in [-0.39, 0.29) is 0 Å². The molecule has 0 saturated carbocycles. The van der Waals surface area contributed by atoms with E-state index in [1.54, 1.807) is 23.7 Å². The number of hydrogen-bond donors (Lipinski definition) is 0. The summed E-state index contributed by atoms with van der Waals surface area (Å²) < 4.78 is 6.54. The van der Waals surface area contributed by atoms with E-state index in [0.29, 0.717) is 34.1 Å². The lowest BCUT2D eigenvalue weighted by molar-refractivity contribution is -0.135. The molecule has 0 radical (unpaired) electrons. The smallest absolute Gasteiger partial charge is 0.355 e. The average molecular weight is 323 g/mol. The molecule has 0 N–H and O–H groups in total. The Morgan fingerprint density at radius 1 is 1.38 bits per heavy atom. The topological polar surface area (TPSA) is 69.4 Å². The fraction of sp³-hybridized carbons (Fsp3) is 0.231. The van der Waals surface area contributed by atoms with Crippen LogP contribution in [0.3, 0.4) is 0 Å². The fourth-order valence-electron chi connectivity index (χ4n) is 1.82. The number of ether oxygens (including phenoxy) is 1. The van der Waals surface area contributed by atoms with Gasteiger partial charge in [-0.05, 0) is 31.2 Å². The number of aromatic nitrogens is 3. The largest absolute Gasteiger partial charge is 0.461 e. The normalized spacial score (nSPS) is 13.5. The number of rotatable bonds is 3. The molecule has 0 amide bonds. The molecule has 2 heterocycles. The van der Waals surface area contributed by atoms with Crippen LogP contribution in [0.25, 0.3) is 11.4 Å². The quantitative estimate of drug-likeness (QED) is 0.812. The molecular formula is C13H11ClN4O2S. The van der Waals surface area contributed by atoms with Crippen molar-refractivity contribution in [1.29, 1.82) is 0 Å². The maximum absolute atomic E-state index is 11.8. The molecule has 0 fully saturated rings. The molecule has 2 aromatic rings. The fourth-order valence-corrected chi connectivity index (χ4v) is 2.74. The van der Waals surface area contributed by atoms with Crippen molar-refractivity contribution in [2.24, 2.45) is 5.10 Å². The Hall–Kier alpha value is -1.86. The Bertz CT molecular complexity index is 711. The van der Waals surface area contributed by atoms with Crippen LogP contribution in [0.4, 0.5) is 0 Å². The molecule has 3 rings (SSSR count). The highest BCUT2D eigenvalue weighted by atomic mass is 35.5. The molecule has 0 spiro atoms. The molecule has 0 saturated heterocycles. The first kappa shape index (κ1) is 14.1. The molecule has 1 aliphatic heterocycles. The Kier molecular flexibility index (Phi) is 3.94. The second-order valence-corrected chi connectivity index (χ2v) is 5.56. The molecule has 108 valence electrons. The molecule has 0 atom stereocenters. The minimum Gasteiger partial charge on any atom is -0.461 e. The van der Waals surface area contributed by atoms with Crippen molar-refractivity contribution >= 4 is 35.0 Å². The van der Waals surface area contributed by atoms with Gasteiger partial charge in [0, 0.05) is 10.6 Å². The molecule has 1 aromatic carbocycles. The van der Waals surface area contributed by atoms with Gasteiger partial charge in [0.05, 0.1) is 12.4 Å². The molecule has 6 nitrogen and oxygen atoms in total. The molecule has 0 aliphatic carbocycles. The van der Waals surface area contributed by atoms with Crippen LogP contribution in [0, 0.1) is 0 Å². The molecular weight excluding hydrogens is 312 g/mol. The second kappa shape index (κ2) is 5.87. The zero-order valence-corrected chi connectivity index (χ0v) is 12.7. The SMILES string of the molecule is CCOC(=O)C1=Nn2c(nnc2-c2ccc(Cl)cc2)SC1. The summed E-state index contributed by atoms with van der Waals surface area (Å²) in [6.45, 7) is 2.08. The van der Waals surface area contributed by atoms with Crippen molar-refractivity contribution in [3.8, 4) is 11.4 Å². The van der Waals surface area contributed by atoms with Crippen molar-refractivity contribution < 1.29 is 9.53 Å². The zero-order chi connectivity index (χ0) is 14.8. The highest BCUT2D eigenvalue weighted by Gasteiger charge is 2.24. The van der Waals surface area contributed by atoms with Gasteiger partial charge in [-0.2, -0.15) is 9.78 Å². The summed E-state index contributed by atoms with van der Waals surface area (Å²) in [6, 6.07) is 7.20. The van der Waals surface area contributed by atoms with Crippen LogP contribution in [-0.4, -0.2) is 38.9 Å². The molecule has 0 unspecified atom stereocenters. The Morgan fingerprint density at radius 2 is 2.14 bits per heavy atom. The van der Waals surface area contributed by atoms with Gasteiger partial charge in [0.2, 0.25) is 5.16 Å². The highest BCUT2D eigenvalue weighted by molar-refractivity contribution is 8.00. The maximum Gasteiger partial charge on any atom is 0.355 e. The van der Waals surface area contributed by atoms with Gasteiger partial charge in [0.1, 0.15) is 0 Å². The van der Waals surface area contributed by atoms with Gasteiger partial charge in [0.25, 0.3) is 0 Å². The van der Waals surface area contributed by atoms with Crippen molar-refractivity contribution in [3.63, 3.8) is 0 Å². The lowest BCUT2D eigenvalue weighted by atomic mass is 10.2. The van der Waals surface area contributed by atoms with Gasteiger partial charge < -0.3 is 4.74 Å². The van der Waals surface area contributed by atoms with Crippen molar-refractivity contribution in [1.82, 2.24) is 14.9 Å². The van der Waals surface area contributed by atoms with Gasteiger partial charge >= 0.3 is 5.97 Å². The number of carbonyl (C=O) groups is 1. The van der Waals surface area contributed by atoms with E-state index in [2.05, 4.69) is 15.3 Å². The second-order valence-electron chi connectivity index (χ2n) is 4.18. The summed E-state index contributed by atoms with van der Waals surface area (Å²) in [5.41, 5.74) is 1.18. The van der Waals surface area contributed by atoms with Crippen LogP contribution in [0.15, 0.2) is 34.5 Å². The minimum absolute atomic E-state index is 0.321. The van der Waals surface area contributed by atoms with E-state index in [9.17, 15) is 4.79 Å². The summed E-state index contributed by atoms with van der Waals surface area (Å²) >= 11 is 7.28. The summed E-state index contributed by atoms with van der Waals surface area (Å²) in [7, 11) is 0. The number of nitrogens with zero attached hydrogens (tertiary/aromatic N) is 4.